The van der Waals surface area contributed by atoms with Crippen LogP contribution in [-0.2, 0) is 0 Å². The molecule has 1 amide bonds. The molecular formula is C15H25N3O. The van der Waals surface area contributed by atoms with E-state index in [2.05, 4.69) is 24.1 Å². The summed E-state index contributed by atoms with van der Waals surface area (Å²) in [5.74, 6) is 0.458. The van der Waals surface area contributed by atoms with E-state index in [0.29, 0.717) is 11.6 Å². The third-order valence-corrected chi connectivity index (χ3v) is 2.81. The van der Waals surface area contributed by atoms with Crippen molar-refractivity contribution in [3.05, 3.63) is 24.0 Å². The van der Waals surface area contributed by atoms with E-state index in [0.717, 1.165) is 18.8 Å². The standard InChI is InChI=1S/C15H25N3O/c1-6-16-13-7-8-14(17-9-13)15(19)18(12(4)5)10-11(2)3/h7-9,11-12,16H,6,10H2,1-5H3. The summed E-state index contributed by atoms with van der Waals surface area (Å²) in [5.41, 5.74) is 1.45. The lowest BCUT2D eigenvalue weighted by Gasteiger charge is -2.28. The minimum Gasteiger partial charge on any atom is -0.384 e. The molecule has 1 N–H and O–H groups in total. The summed E-state index contributed by atoms with van der Waals surface area (Å²) in [6, 6.07) is 3.87. The van der Waals surface area contributed by atoms with Gasteiger partial charge in [0.1, 0.15) is 5.69 Å². The SMILES string of the molecule is CCNc1ccc(C(=O)N(CC(C)C)C(C)C)nc1. The van der Waals surface area contributed by atoms with Gasteiger partial charge in [0.2, 0.25) is 0 Å². The van der Waals surface area contributed by atoms with Gasteiger partial charge in [-0.1, -0.05) is 13.8 Å². The van der Waals surface area contributed by atoms with E-state index in [1.54, 1.807) is 12.3 Å². The fraction of sp³-hybridized carbons (Fsp3) is 0.600. The molecule has 0 saturated heterocycles. The van der Waals surface area contributed by atoms with Crippen molar-refractivity contribution in [1.29, 1.82) is 0 Å². The first-order chi connectivity index (χ1) is 8.95. The van der Waals surface area contributed by atoms with E-state index in [-0.39, 0.29) is 11.9 Å². The van der Waals surface area contributed by atoms with Gasteiger partial charge >= 0.3 is 0 Å². The molecule has 4 nitrogen and oxygen atoms in total. The molecule has 19 heavy (non-hydrogen) atoms. The lowest BCUT2D eigenvalue weighted by Crippen LogP contribution is -2.39. The Bertz CT molecular complexity index is 398. The molecular weight excluding hydrogens is 238 g/mol. The summed E-state index contributed by atoms with van der Waals surface area (Å²) in [5, 5.41) is 3.17. The van der Waals surface area contributed by atoms with E-state index >= 15 is 0 Å². The molecule has 0 atom stereocenters. The summed E-state index contributed by atoms with van der Waals surface area (Å²) >= 11 is 0. The van der Waals surface area contributed by atoms with Crippen LogP contribution >= 0.6 is 0 Å². The van der Waals surface area contributed by atoms with Crippen LogP contribution in [0.25, 0.3) is 0 Å². The van der Waals surface area contributed by atoms with Crippen LogP contribution in [0.3, 0.4) is 0 Å². The largest absolute Gasteiger partial charge is 0.384 e. The van der Waals surface area contributed by atoms with Crippen molar-refractivity contribution in [3.8, 4) is 0 Å². The van der Waals surface area contributed by atoms with E-state index in [4.69, 9.17) is 0 Å². The first kappa shape index (κ1) is 15.5. The van der Waals surface area contributed by atoms with Gasteiger partial charge in [0, 0.05) is 19.1 Å². The van der Waals surface area contributed by atoms with Crippen LogP contribution in [0.2, 0.25) is 0 Å². The molecule has 0 fully saturated rings. The molecule has 0 radical (unpaired) electrons. The maximum atomic E-state index is 12.4. The average Bonchev–Trinajstić information content (AvgIpc) is 2.36. The molecule has 0 spiro atoms. The average molecular weight is 263 g/mol. The van der Waals surface area contributed by atoms with Crippen LogP contribution in [0.4, 0.5) is 5.69 Å². The van der Waals surface area contributed by atoms with E-state index < -0.39 is 0 Å². The van der Waals surface area contributed by atoms with E-state index in [9.17, 15) is 4.79 Å². The van der Waals surface area contributed by atoms with Crippen LogP contribution < -0.4 is 5.32 Å². The van der Waals surface area contributed by atoms with Gasteiger partial charge in [0.05, 0.1) is 11.9 Å². The highest BCUT2D eigenvalue weighted by molar-refractivity contribution is 5.92. The zero-order valence-corrected chi connectivity index (χ0v) is 12.6. The van der Waals surface area contributed by atoms with Gasteiger partial charge in [-0.25, -0.2) is 4.98 Å². The first-order valence-electron chi connectivity index (χ1n) is 6.96. The number of hydrogen-bond donors (Lipinski definition) is 1. The maximum absolute atomic E-state index is 12.4. The highest BCUT2D eigenvalue weighted by Gasteiger charge is 2.20. The summed E-state index contributed by atoms with van der Waals surface area (Å²) in [4.78, 5) is 18.6. The van der Waals surface area contributed by atoms with Crippen molar-refractivity contribution in [2.24, 2.45) is 5.92 Å². The Kier molecular flexibility index (Phi) is 5.80. The number of pyridine rings is 1. The zero-order valence-electron chi connectivity index (χ0n) is 12.6. The molecule has 106 valence electrons. The first-order valence-corrected chi connectivity index (χ1v) is 6.96. The molecule has 4 heteroatoms. The number of nitrogens with zero attached hydrogens (tertiary/aromatic N) is 2. The number of hydrogen-bond acceptors (Lipinski definition) is 3. The second kappa shape index (κ2) is 7.12. The minimum absolute atomic E-state index is 0.00625. The Morgan fingerprint density at radius 2 is 2.00 bits per heavy atom. The van der Waals surface area contributed by atoms with E-state index in [1.807, 2.05) is 31.7 Å². The molecule has 0 aromatic carbocycles. The number of rotatable bonds is 6. The minimum atomic E-state index is 0.00625. The number of carbonyl (C=O) groups excluding carboxylic acids is 1. The molecule has 1 aromatic rings. The molecule has 0 unspecified atom stereocenters. The van der Waals surface area contributed by atoms with Gasteiger partial charge in [-0.05, 0) is 38.8 Å². The number of anilines is 1. The predicted molar refractivity (Wildman–Crippen MR) is 79.4 cm³/mol. The third kappa shape index (κ3) is 4.54. The van der Waals surface area contributed by atoms with Gasteiger partial charge in [0.15, 0.2) is 0 Å². The maximum Gasteiger partial charge on any atom is 0.272 e. The van der Waals surface area contributed by atoms with Crippen molar-refractivity contribution in [3.63, 3.8) is 0 Å². The van der Waals surface area contributed by atoms with Crippen molar-refractivity contribution in [2.45, 2.75) is 40.7 Å². The fourth-order valence-corrected chi connectivity index (χ4v) is 1.90. The number of aromatic nitrogens is 1. The molecule has 0 aliphatic rings. The van der Waals surface area contributed by atoms with Crippen LogP contribution in [0, 0.1) is 5.92 Å². The predicted octanol–water partition coefficient (Wildman–Crippen LogP) is 3.02. The highest BCUT2D eigenvalue weighted by Crippen LogP contribution is 2.12. The second-order valence-corrected chi connectivity index (χ2v) is 5.41. The summed E-state index contributed by atoms with van der Waals surface area (Å²) in [7, 11) is 0. The van der Waals surface area contributed by atoms with Crippen LogP contribution in [0.1, 0.15) is 45.1 Å². The van der Waals surface area contributed by atoms with Crippen LogP contribution in [0.5, 0.6) is 0 Å². The molecule has 0 saturated carbocycles. The smallest absolute Gasteiger partial charge is 0.272 e. The number of amides is 1. The Labute approximate surface area is 116 Å². The normalized spacial score (nSPS) is 10.9. The monoisotopic (exact) mass is 263 g/mol. The van der Waals surface area contributed by atoms with Gasteiger partial charge in [-0.3, -0.25) is 4.79 Å². The van der Waals surface area contributed by atoms with Crippen molar-refractivity contribution in [2.75, 3.05) is 18.4 Å². The summed E-state index contributed by atoms with van der Waals surface area (Å²) in [6.45, 7) is 11.9. The summed E-state index contributed by atoms with van der Waals surface area (Å²) < 4.78 is 0. The zero-order chi connectivity index (χ0) is 14.4. The molecule has 1 aromatic heterocycles. The Hall–Kier alpha value is -1.58. The molecule has 1 heterocycles. The lowest BCUT2D eigenvalue weighted by atomic mass is 10.1. The molecule has 0 aliphatic heterocycles. The quantitative estimate of drug-likeness (QED) is 0.858. The number of carbonyl (C=O) groups is 1. The second-order valence-electron chi connectivity index (χ2n) is 5.41. The third-order valence-electron chi connectivity index (χ3n) is 2.81. The highest BCUT2D eigenvalue weighted by atomic mass is 16.2. The fourth-order valence-electron chi connectivity index (χ4n) is 1.90. The lowest BCUT2D eigenvalue weighted by molar-refractivity contribution is 0.0676. The van der Waals surface area contributed by atoms with Gasteiger partial charge in [-0.15, -0.1) is 0 Å². The van der Waals surface area contributed by atoms with Crippen molar-refractivity contribution < 1.29 is 4.79 Å². The number of nitrogens with one attached hydrogen (secondary N) is 1. The summed E-state index contributed by atoms with van der Waals surface area (Å²) in [6.07, 6.45) is 1.71. The Morgan fingerprint density at radius 3 is 2.42 bits per heavy atom. The van der Waals surface area contributed by atoms with Crippen LogP contribution in [-0.4, -0.2) is 34.9 Å². The Morgan fingerprint density at radius 1 is 1.32 bits per heavy atom. The molecule has 1 rings (SSSR count). The van der Waals surface area contributed by atoms with Crippen molar-refractivity contribution in [1.82, 2.24) is 9.88 Å². The van der Waals surface area contributed by atoms with Gasteiger partial charge in [0.25, 0.3) is 5.91 Å². The Balaban J connectivity index is 2.84. The van der Waals surface area contributed by atoms with Crippen molar-refractivity contribution >= 4 is 11.6 Å². The topological polar surface area (TPSA) is 45.2 Å². The van der Waals surface area contributed by atoms with Gasteiger partial charge in [-0.2, -0.15) is 0 Å². The van der Waals surface area contributed by atoms with E-state index in [1.165, 1.54) is 0 Å². The molecule has 0 bridgehead atoms. The van der Waals surface area contributed by atoms with Gasteiger partial charge < -0.3 is 10.2 Å². The molecule has 0 aliphatic carbocycles. The van der Waals surface area contributed by atoms with Crippen LogP contribution in [0.15, 0.2) is 18.3 Å².